The second kappa shape index (κ2) is 4.64. The van der Waals surface area contributed by atoms with Crippen molar-refractivity contribution in [2.24, 2.45) is 0 Å². The molecule has 1 N–H and O–H groups in total. The Hall–Kier alpha value is -2.50. The zero-order valence-corrected chi connectivity index (χ0v) is 10.0. The first kappa shape index (κ1) is 12.9. The molecular formula is C13H10FNO4. The van der Waals surface area contributed by atoms with Crippen LogP contribution in [-0.4, -0.2) is 29.3 Å². The third kappa shape index (κ3) is 2.12. The molecule has 1 heterocycles. The van der Waals surface area contributed by atoms with Crippen molar-refractivity contribution >= 4 is 23.3 Å². The molecule has 0 saturated heterocycles. The smallest absolute Gasteiger partial charge is 0.331 e. The number of nitrogens with zero attached hydrogens (tertiary/aromatic N) is 1. The number of halogens is 1. The van der Waals surface area contributed by atoms with Gasteiger partial charge in [0.15, 0.2) is 0 Å². The number of aliphatic carboxylic acids is 1. The number of ketones is 1. The molecule has 5 nitrogen and oxygen atoms in total. The number of para-hydroxylation sites is 1. The third-order valence-electron chi connectivity index (χ3n) is 2.86. The molecule has 1 aromatic rings. The minimum absolute atomic E-state index is 0.00591. The summed E-state index contributed by atoms with van der Waals surface area (Å²) in [5.41, 5.74) is -0.0663. The molecule has 1 aliphatic rings. The average Bonchev–Trinajstić information content (AvgIpc) is 2.61. The summed E-state index contributed by atoms with van der Waals surface area (Å²) < 4.78 is 13.7. The molecular weight excluding hydrogens is 253 g/mol. The Kier molecular flexibility index (Phi) is 3.16. The van der Waals surface area contributed by atoms with E-state index in [1.807, 2.05) is 0 Å². The Morgan fingerprint density at radius 2 is 2.11 bits per heavy atom. The molecule has 19 heavy (non-hydrogen) atoms. The number of carbonyl (C=O) groups is 3. The van der Waals surface area contributed by atoms with Gasteiger partial charge in [0, 0.05) is 12.1 Å². The molecule has 2 rings (SSSR count). The third-order valence-corrected chi connectivity index (χ3v) is 2.86. The van der Waals surface area contributed by atoms with E-state index in [0.717, 1.165) is 11.0 Å². The van der Waals surface area contributed by atoms with Gasteiger partial charge < -0.3 is 5.11 Å². The van der Waals surface area contributed by atoms with Gasteiger partial charge in [0.2, 0.25) is 0 Å². The Labute approximate surface area is 107 Å². The zero-order valence-electron chi connectivity index (χ0n) is 10.0. The quantitative estimate of drug-likeness (QED) is 0.660. The van der Waals surface area contributed by atoms with Crippen molar-refractivity contribution in [3.8, 4) is 0 Å². The monoisotopic (exact) mass is 263 g/mol. The second-order valence-electron chi connectivity index (χ2n) is 4.07. The second-order valence-corrected chi connectivity index (χ2v) is 4.07. The zero-order chi connectivity index (χ0) is 14.2. The Morgan fingerprint density at radius 1 is 1.42 bits per heavy atom. The summed E-state index contributed by atoms with van der Waals surface area (Å²) >= 11 is 0. The highest BCUT2D eigenvalue weighted by atomic mass is 19.1. The number of hydrogen-bond donors (Lipinski definition) is 1. The fourth-order valence-electron chi connectivity index (χ4n) is 1.80. The van der Waals surface area contributed by atoms with Crippen LogP contribution >= 0.6 is 0 Å². The fraction of sp³-hybridized carbons (Fsp3) is 0.154. The molecule has 0 unspecified atom stereocenters. The molecule has 1 aromatic carbocycles. The minimum Gasteiger partial charge on any atom is -0.478 e. The molecule has 0 spiro atoms. The molecule has 0 saturated carbocycles. The van der Waals surface area contributed by atoms with E-state index in [1.54, 1.807) is 0 Å². The van der Waals surface area contributed by atoms with Crippen LogP contribution in [0.3, 0.4) is 0 Å². The summed E-state index contributed by atoms with van der Waals surface area (Å²) in [6, 6.07) is 3.86. The van der Waals surface area contributed by atoms with Gasteiger partial charge in [-0.2, -0.15) is 0 Å². The normalized spacial score (nSPS) is 14.8. The van der Waals surface area contributed by atoms with E-state index in [4.69, 9.17) is 5.11 Å². The van der Waals surface area contributed by atoms with Crippen molar-refractivity contribution in [3.05, 3.63) is 41.2 Å². The first-order valence-corrected chi connectivity index (χ1v) is 5.48. The van der Waals surface area contributed by atoms with Crippen molar-refractivity contribution in [3.63, 3.8) is 0 Å². The Bertz CT molecular complexity index is 621. The lowest BCUT2D eigenvalue weighted by atomic mass is 10.1. The number of Topliss-reactive ketones (excluding diaryl/α,β-unsaturated/α-hetero) is 1. The molecule has 1 amide bonds. The number of fused-ring (bicyclic) bond motifs is 1. The van der Waals surface area contributed by atoms with Gasteiger partial charge in [0.25, 0.3) is 11.7 Å². The Morgan fingerprint density at radius 3 is 2.74 bits per heavy atom. The number of hydrogen-bond acceptors (Lipinski definition) is 3. The number of benzene rings is 1. The first-order valence-electron chi connectivity index (χ1n) is 5.48. The summed E-state index contributed by atoms with van der Waals surface area (Å²) in [6.45, 7) is 1.20. The number of carboxylic acid groups (broad SMARTS) is 1. The standard InChI is InChI=1S/C13H10FNO4/c1-7(13(18)19)5-6-15-10-8(11(16)12(15)17)3-2-4-9(10)14/h2-5H,6H2,1H3,(H,18,19). The van der Waals surface area contributed by atoms with E-state index < -0.39 is 23.5 Å². The molecule has 0 aromatic heterocycles. The van der Waals surface area contributed by atoms with Crippen LogP contribution in [0.2, 0.25) is 0 Å². The predicted molar refractivity (Wildman–Crippen MR) is 64.5 cm³/mol. The van der Waals surface area contributed by atoms with Crippen LogP contribution in [0, 0.1) is 5.82 Å². The van der Waals surface area contributed by atoms with E-state index >= 15 is 0 Å². The molecule has 6 heteroatoms. The van der Waals surface area contributed by atoms with Crippen LogP contribution in [-0.2, 0) is 9.59 Å². The highest BCUT2D eigenvalue weighted by Gasteiger charge is 2.37. The van der Waals surface area contributed by atoms with E-state index in [-0.39, 0.29) is 23.4 Å². The summed E-state index contributed by atoms with van der Waals surface area (Å²) in [7, 11) is 0. The van der Waals surface area contributed by atoms with Gasteiger partial charge in [-0.05, 0) is 19.1 Å². The van der Waals surface area contributed by atoms with E-state index in [9.17, 15) is 18.8 Å². The van der Waals surface area contributed by atoms with Crippen LogP contribution in [0.5, 0.6) is 0 Å². The van der Waals surface area contributed by atoms with Gasteiger partial charge in [0.1, 0.15) is 5.82 Å². The SMILES string of the molecule is CC(=CCN1C(=O)C(=O)c2cccc(F)c21)C(=O)O. The predicted octanol–water partition coefficient (Wildman–Crippen LogP) is 1.39. The summed E-state index contributed by atoms with van der Waals surface area (Å²) in [5, 5.41) is 8.71. The number of carboxylic acids is 1. The molecule has 0 atom stereocenters. The number of rotatable bonds is 3. The molecule has 0 radical (unpaired) electrons. The number of anilines is 1. The topological polar surface area (TPSA) is 74.7 Å². The van der Waals surface area contributed by atoms with Crippen molar-refractivity contribution in [1.82, 2.24) is 0 Å². The highest BCUT2D eigenvalue weighted by Crippen LogP contribution is 2.31. The lowest BCUT2D eigenvalue weighted by Crippen LogP contribution is -2.30. The van der Waals surface area contributed by atoms with Crippen molar-refractivity contribution in [2.45, 2.75) is 6.92 Å². The molecule has 0 bridgehead atoms. The van der Waals surface area contributed by atoms with Gasteiger partial charge in [-0.15, -0.1) is 0 Å². The summed E-state index contributed by atoms with van der Waals surface area (Å²) in [5.74, 6) is -3.45. The van der Waals surface area contributed by atoms with E-state index in [0.29, 0.717) is 0 Å². The summed E-state index contributed by atoms with van der Waals surface area (Å²) in [6.07, 6.45) is 1.26. The molecule has 0 fully saturated rings. The lowest BCUT2D eigenvalue weighted by Gasteiger charge is -2.14. The fourth-order valence-corrected chi connectivity index (χ4v) is 1.80. The maximum atomic E-state index is 13.7. The largest absolute Gasteiger partial charge is 0.478 e. The Balaban J connectivity index is 2.39. The van der Waals surface area contributed by atoms with Crippen LogP contribution in [0.15, 0.2) is 29.8 Å². The van der Waals surface area contributed by atoms with Gasteiger partial charge in [-0.25, -0.2) is 9.18 Å². The van der Waals surface area contributed by atoms with E-state index in [1.165, 1.54) is 25.1 Å². The van der Waals surface area contributed by atoms with E-state index in [2.05, 4.69) is 0 Å². The maximum absolute atomic E-state index is 13.7. The van der Waals surface area contributed by atoms with Gasteiger partial charge in [-0.3, -0.25) is 14.5 Å². The van der Waals surface area contributed by atoms with Gasteiger partial charge >= 0.3 is 5.97 Å². The van der Waals surface area contributed by atoms with Gasteiger partial charge in [-0.1, -0.05) is 12.1 Å². The molecule has 98 valence electrons. The minimum atomic E-state index is -1.13. The maximum Gasteiger partial charge on any atom is 0.331 e. The van der Waals surface area contributed by atoms with Crippen LogP contribution in [0.1, 0.15) is 17.3 Å². The lowest BCUT2D eigenvalue weighted by molar-refractivity contribution is -0.132. The van der Waals surface area contributed by atoms with Crippen molar-refractivity contribution in [1.29, 1.82) is 0 Å². The highest BCUT2D eigenvalue weighted by molar-refractivity contribution is 6.52. The van der Waals surface area contributed by atoms with Crippen molar-refractivity contribution < 1.29 is 23.9 Å². The van der Waals surface area contributed by atoms with Crippen LogP contribution in [0.25, 0.3) is 0 Å². The van der Waals surface area contributed by atoms with Crippen LogP contribution < -0.4 is 4.90 Å². The average molecular weight is 263 g/mol. The number of amides is 1. The molecule has 0 aliphatic carbocycles. The first-order chi connectivity index (χ1) is 8.93. The summed E-state index contributed by atoms with van der Waals surface area (Å²) in [4.78, 5) is 35.0. The molecule has 1 aliphatic heterocycles. The van der Waals surface area contributed by atoms with Gasteiger partial charge in [0.05, 0.1) is 11.3 Å². The number of carbonyl (C=O) groups excluding carboxylic acids is 2. The van der Waals surface area contributed by atoms with Crippen LogP contribution in [0.4, 0.5) is 10.1 Å². The van der Waals surface area contributed by atoms with Crippen molar-refractivity contribution in [2.75, 3.05) is 11.4 Å².